The molecule has 0 spiro atoms. The largest absolute Gasteiger partial charge is 0.392 e. The normalized spacial score (nSPS) is 13.6. The molecule has 0 fully saturated rings. The maximum atomic E-state index is 11.8. The van der Waals surface area contributed by atoms with Crippen molar-refractivity contribution >= 4 is 32.9 Å². The lowest BCUT2D eigenvalue weighted by molar-refractivity contribution is 0.532. The van der Waals surface area contributed by atoms with E-state index in [0.29, 0.717) is 5.69 Å². The minimum atomic E-state index is -3.59. The fourth-order valence-corrected chi connectivity index (χ4v) is 2.38. The van der Waals surface area contributed by atoms with E-state index in [9.17, 15) is 8.42 Å². The first-order valence-electron chi connectivity index (χ1n) is 5.09. The number of nitrogens with one attached hydrogen (secondary N) is 1. The molecule has 1 atom stereocenters. The average Bonchev–Trinajstić information content (AvgIpc) is 2.64. The number of hydrogen-bond acceptors (Lipinski definition) is 4. The number of rotatable bonds is 5. The highest BCUT2D eigenvalue weighted by Gasteiger charge is 2.23. The summed E-state index contributed by atoms with van der Waals surface area (Å²) in [4.78, 5) is -0.0613. The molecular formula is C9H16N4O2S2. The third-order valence-corrected chi connectivity index (χ3v) is 4.46. The Morgan fingerprint density at radius 2 is 2.12 bits per heavy atom. The second-order valence-corrected chi connectivity index (χ2v) is 6.47. The van der Waals surface area contributed by atoms with Gasteiger partial charge in [0.25, 0.3) is 0 Å². The zero-order valence-electron chi connectivity index (χ0n) is 9.91. The Kier molecular flexibility index (Phi) is 4.10. The first-order chi connectivity index (χ1) is 7.74. The molecule has 0 radical (unpaired) electrons. The summed E-state index contributed by atoms with van der Waals surface area (Å²) in [7, 11) is -3.59. The quantitative estimate of drug-likeness (QED) is 0.779. The van der Waals surface area contributed by atoms with Crippen molar-refractivity contribution in [3.63, 3.8) is 0 Å². The number of nitrogens with two attached hydrogens (primary N) is 1. The molecule has 0 aliphatic heterocycles. The molecular weight excluding hydrogens is 260 g/mol. The summed E-state index contributed by atoms with van der Waals surface area (Å²) in [6, 6.07) is 0.168. The number of sulfonamides is 1. The summed E-state index contributed by atoms with van der Waals surface area (Å²) < 4.78 is 27.7. The van der Waals surface area contributed by atoms with Gasteiger partial charge in [-0.05, 0) is 20.8 Å². The van der Waals surface area contributed by atoms with Gasteiger partial charge in [-0.15, -0.1) is 0 Å². The van der Waals surface area contributed by atoms with Crippen LogP contribution in [0.2, 0.25) is 0 Å². The number of aromatic nitrogens is 2. The Morgan fingerprint density at radius 3 is 2.53 bits per heavy atom. The highest BCUT2D eigenvalue weighted by molar-refractivity contribution is 7.95. The molecule has 1 aromatic heterocycles. The highest BCUT2D eigenvalue weighted by atomic mass is 32.2. The van der Waals surface area contributed by atoms with Crippen molar-refractivity contribution in [2.45, 2.75) is 32.1 Å². The monoisotopic (exact) mass is 276 g/mol. The van der Waals surface area contributed by atoms with E-state index in [0.717, 1.165) is 0 Å². The molecule has 1 unspecified atom stereocenters. The SMILES string of the molecule is CC(C)n1cc(NS(=O)(=O)C(C)C(N)=S)cn1. The first-order valence-corrected chi connectivity index (χ1v) is 7.04. The summed E-state index contributed by atoms with van der Waals surface area (Å²) in [6.07, 6.45) is 3.07. The molecule has 1 aromatic rings. The molecule has 0 amide bonds. The fourth-order valence-electron chi connectivity index (χ4n) is 1.08. The van der Waals surface area contributed by atoms with Gasteiger partial charge in [-0.25, -0.2) is 8.42 Å². The van der Waals surface area contributed by atoms with Gasteiger partial charge in [-0.3, -0.25) is 9.40 Å². The summed E-state index contributed by atoms with van der Waals surface area (Å²) in [5.74, 6) is 0. The van der Waals surface area contributed by atoms with Crippen molar-refractivity contribution in [3.8, 4) is 0 Å². The molecule has 0 saturated heterocycles. The van der Waals surface area contributed by atoms with Gasteiger partial charge < -0.3 is 5.73 Å². The second-order valence-electron chi connectivity index (χ2n) is 3.99. The van der Waals surface area contributed by atoms with Crippen molar-refractivity contribution in [3.05, 3.63) is 12.4 Å². The lowest BCUT2D eigenvalue weighted by atomic mass is 10.4. The van der Waals surface area contributed by atoms with Gasteiger partial charge in [-0.2, -0.15) is 5.10 Å². The fraction of sp³-hybridized carbons (Fsp3) is 0.556. The molecule has 0 aromatic carbocycles. The van der Waals surface area contributed by atoms with Gasteiger partial charge in [0.05, 0.1) is 16.9 Å². The van der Waals surface area contributed by atoms with Crippen LogP contribution in [0.4, 0.5) is 5.69 Å². The van der Waals surface area contributed by atoms with Crippen LogP contribution in [0.3, 0.4) is 0 Å². The number of nitrogens with zero attached hydrogens (tertiary/aromatic N) is 2. The Hall–Kier alpha value is -1.15. The lowest BCUT2D eigenvalue weighted by Crippen LogP contribution is -2.35. The van der Waals surface area contributed by atoms with Crippen molar-refractivity contribution in [1.82, 2.24) is 9.78 Å². The van der Waals surface area contributed by atoms with Crippen LogP contribution in [-0.4, -0.2) is 28.4 Å². The smallest absolute Gasteiger partial charge is 0.241 e. The van der Waals surface area contributed by atoms with Gasteiger partial charge in [0.2, 0.25) is 10.0 Å². The zero-order valence-corrected chi connectivity index (χ0v) is 11.5. The van der Waals surface area contributed by atoms with Crippen molar-refractivity contribution in [2.75, 3.05) is 4.72 Å². The van der Waals surface area contributed by atoms with Crippen molar-refractivity contribution in [1.29, 1.82) is 0 Å². The zero-order chi connectivity index (χ0) is 13.2. The van der Waals surface area contributed by atoms with Crippen molar-refractivity contribution < 1.29 is 8.42 Å². The van der Waals surface area contributed by atoms with Crippen LogP contribution >= 0.6 is 12.2 Å². The Labute approximate surface area is 106 Å². The lowest BCUT2D eigenvalue weighted by Gasteiger charge is -2.11. The molecule has 1 rings (SSSR count). The van der Waals surface area contributed by atoms with E-state index in [2.05, 4.69) is 22.0 Å². The Morgan fingerprint density at radius 1 is 1.53 bits per heavy atom. The number of anilines is 1. The van der Waals surface area contributed by atoms with Crippen LogP contribution in [0.15, 0.2) is 12.4 Å². The van der Waals surface area contributed by atoms with Gasteiger partial charge in [0, 0.05) is 12.2 Å². The van der Waals surface area contributed by atoms with Gasteiger partial charge >= 0.3 is 0 Å². The van der Waals surface area contributed by atoms with Gasteiger partial charge in [0.15, 0.2) is 0 Å². The van der Waals surface area contributed by atoms with E-state index in [1.807, 2.05) is 13.8 Å². The summed E-state index contributed by atoms with van der Waals surface area (Å²) in [5, 5.41) is 3.11. The summed E-state index contributed by atoms with van der Waals surface area (Å²) >= 11 is 4.67. The third-order valence-electron chi connectivity index (χ3n) is 2.26. The Bertz CT molecular complexity index is 507. The van der Waals surface area contributed by atoms with Crippen LogP contribution in [0.1, 0.15) is 26.8 Å². The molecule has 17 heavy (non-hydrogen) atoms. The number of hydrogen-bond donors (Lipinski definition) is 2. The third kappa shape index (κ3) is 3.40. The van der Waals surface area contributed by atoms with E-state index in [1.165, 1.54) is 13.1 Å². The predicted octanol–water partition coefficient (Wildman–Crippen LogP) is 0.880. The second kappa shape index (κ2) is 5.01. The standard InChI is InChI=1S/C9H16N4O2S2/c1-6(2)13-5-8(4-11-13)12-17(14,15)7(3)9(10)16/h4-7,12H,1-3H3,(H2,10,16). The van der Waals surface area contributed by atoms with E-state index < -0.39 is 15.3 Å². The minimum absolute atomic E-state index is 0.0613. The van der Waals surface area contributed by atoms with Crippen LogP contribution in [0.5, 0.6) is 0 Å². The summed E-state index contributed by atoms with van der Waals surface area (Å²) in [6.45, 7) is 5.34. The molecule has 0 bridgehead atoms. The number of thiocarbonyl (C=S) groups is 1. The molecule has 6 nitrogen and oxygen atoms in total. The van der Waals surface area contributed by atoms with E-state index >= 15 is 0 Å². The van der Waals surface area contributed by atoms with Gasteiger partial charge in [-0.1, -0.05) is 12.2 Å². The Balaban J connectivity index is 2.87. The molecule has 0 aliphatic carbocycles. The predicted molar refractivity (Wildman–Crippen MR) is 71.4 cm³/mol. The molecule has 1 heterocycles. The minimum Gasteiger partial charge on any atom is -0.392 e. The van der Waals surface area contributed by atoms with Crippen LogP contribution in [0, 0.1) is 0 Å². The van der Waals surface area contributed by atoms with E-state index in [4.69, 9.17) is 5.73 Å². The van der Waals surface area contributed by atoms with E-state index in [-0.39, 0.29) is 11.0 Å². The topological polar surface area (TPSA) is 90.0 Å². The average molecular weight is 276 g/mol. The van der Waals surface area contributed by atoms with Crippen LogP contribution in [-0.2, 0) is 10.0 Å². The highest BCUT2D eigenvalue weighted by Crippen LogP contribution is 2.13. The molecule has 8 heteroatoms. The summed E-state index contributed by atoms with van der Waals surface area (Å²) in [5.41, 5.74) is 5.73. The molecule has 96 valence electrons. The van der Waals surface area contributed by atoms with Gasteiger partial charge in [0.1, 0.15) is 5.25 Å². The van der Waals surface area contributed by atoms with E-state index in [1.54, 1.807) is 10.9 Å². The molecule has 3 N–H and O–H groups in total. The van der Waals surface area contributed by atoms with Crippen LogP contribution in [0.25, 0.3) is 0 Å². The maximum absolute atomic E-state index is 11.8. The first kappa shape index (κ1) is 13.9. The molecule has 0 saturated carbocycles. The maximum Gasteiger partial charge on any atom is 0.241 e. The van der Waals surface area contributed by atoms with Crippen molar-refractivity contribution in [2.24, 2.45) is 5.73 Å². The van der Waals surface area contributed by atoms with Crippen LogP contribution < -0.4 is 10.5 Å². The molecule has 0 aliphatic rings.